The quantitative estimate of drug-likeness (QED) is 0.457. The number of thiazole rings is 1. The first-order chi connectivity index (χ1) is 17.0. The molecule has 1 fully saturated rings. The lowest BCUT2D eigenvalue weighted by atomic mass is 10.1. The van der Waals surface area contributed by atoms with Gasteiger partial charge < -0.3 is 15.0 Å². The van der Waals surface area contributed by atoms with E-state index in [9.17, 15) is 18.0 Å². The molecule has 1 aromatic carbocycles. The topological polar surface area (TPSA) is 80.2 Å². The number of piperidine rings is 1. The van der Waals surface area contributed by atoms with Gasteiger partial charge in [0.2, 0.25) is 5.82 Å². The monoisotopic (exact) mass is 523 g/mol. The van der Waals surface area contributed by atoms with Gasteiger partial charge in [-0.2, -0.15) is 13.2 Å². The predicted molar refractivity (Wildman–Crippen MR) is 126 cm³/mol. The molecule has 3 heterocycles. The molecule has 0 aliphatic carbocycles. The van der Waals surface area contributed by atoms with Crippen molar-refractivity contribution >= 4 is 17.2 Å². The molecule has 0 radical (unpaired) electrons. The molecule has 0 saturated carbocycles. The van der Waals surface area contributed by atoms with Gasteiger partial charge in [0.1, 0.15) is 22.7 Å². The maximum atomic E-state index is 15.6. The maximum Gasteiger partial charge on any atom is 0.451 e. The molecule has 0 spiro atoms. The number of ether oxygens (including phenoxy) is 1. The van der Waals surface area contributed by atoms with Crippen molar-refractivity contribution in [2.24, 2.45) is 0 Å². The Balaban J connectivity index is 1.60. The molecule has 1 aliphatic rings. The van der Waals surface area contributed by atoms with E-state index in [1.807, 2.05) is 14.0 Å². The zero-order valence-electron chi connectivity index (χ0n) is 19.9. The van der Waals surface area contributed by atoms with Gasteiger partial charge in [0.25, 0.3) is 5.91 Å². The van der Waals surface area contributed by atoms with Crippen molar-refractivity contribution < 1.29 is 27.1 Å². The van der Waals surface area contributed by atoms with Crippen LogP contribution in [-0.4, -0.2) is 52.0 Å². The van der Waals surface area contributed by atoms with Crippen molar-refractivity contribution in [3.63, 3.8) is 0 Å². The van der Waals surface area contributed by atoms with Crippen molar-refractivity contribution in [2.75, 3.05) is 20.1 Å². The number of halogens is 4. The molecule has 1 atom stereocenters. The fourth-order valence-corrected chi connectivity index (χ4v) is 4.60. The van der Waals surface area contributed by atoms with E-state index >= 15 is 4.39 Å². The average molecular weight is 524 g/mol. The van der Waals surface area contributed by atoms with Gasteiger partial charge in [0.15, 0.2) is 0 Å². The summed E-state index contributed by atoms with van der Waals surface area (Å²) in [4.78, 5) is 27.1. The lowest BCUT2D eigenvalue weighted by molar-refractivity contribution is -0.145. The number of likely N-dealkylation sites (tertiary alicyclic amines) is 1. The van der Waals surface area contributed by atoms with Crippen LogP contribution in [0.25, 0.3) is 10.6 Å². The second-order valence-corrected chi connectivity index (χ2v) is 10.00. The SMILES string of the molecule is Cc1cnc(-c2cc(OC3CCN(C)CC3)cc(C(=O)NC(C)c3cnc(C(F)(F)F)nc3)c2F)s1. The second kappa shape index (κ2) is 10.5. The Hall–Kier alpha value is -3.12. The molecule has 1 aliphatic heterocycles. The first-order valence-electron chi connectivity index (χ1n) is 11.3. The smallest absolute Gasteiger partial charge is 0.451 e. The van der Waals surface area contributed by atoms with Crippen LogP contribution in [-0.2, 0) is 6.18 Å². The fraction of sp³-hybridized carbons (Fsp3) is 0.417. The largest absolute Gasteiger partial charge is 0.490 e. The van der Waals surface area contributed by atoms with Crippen molar-refractivity contribution in [2.45, 2.75) is 45.0 Å². The zero-order valence-corrected chi connectivity index (χ0v) is 20.7. The highest BCUT2D eigenvalue weighted by atomic mass is 32.1. The van der Waals surface area contributed by atoms with E-state index in [2.05, 4.69) is 25.2 Å². The van der Waals surface area contributed by atoms with Crippen LogP contribution in [0.3, 0.4) is 0 Å². The number of benzene rings is 1. The third-order valence-electron chi connectivity index (χ3n) is 5.88. The Morgan fingerprint density at radius 2 is 1.83 bits per heavy atom. The summed E-state index contributed by atoms with van der Waals surface area (Å²) in [7, 11) is 2.03. The van der Waals surface area contributed by atoms with E-state index in [0.717, 1.165) is 43.2 Å². The van der Waals surface area contributed by atoms with Crippen molar-refractivity contribution in [1.82, 2.24) is 25.2 Å². The maximum absolute atomic E-state index is 15.6. The van der Waals surface area contributed by atoms with Gasteiger partial charge in [-0.3, -0.25) is 4.79 Å². The van der Waals surface area contributed by atoms with E-state index in [1.54, 1.807) is 19.2 Å². The van der Waals surface area contributed by atoms with Crippen LogP contribution in [0, 0.1) is 12.7 Å². The summed E-state index contributed by atoms with van der Waals surface area (Å²) in [6, 6.07) is 2.13. The minimum atomic E-state index is -4.67. The van der Waals surface area contributed by atoms with Crippen LogP contribution in [0.5, 0.6) is 5.75 Å². The van der Waals surface area contributed by atoms with Gasteiger partial charge in [-0.1, -0.05) is 0 Å². The van der Waals surface area contributed by atoms with Gasteiger partial charge >= 0.3 is 6.18 Å². The first kappa shape index (κ1) is 26.0. The van der Waals surface area contributed by atoms with Crippen LogP contribution in [0.15, 0.2) is 30.7 Å². The number of aryl methyl sites for hydroxylation is 1. The number of hydrogen-bond donors (Lipinski definition) is 1. The minimum Gasteiger partial charge on any atom is -0.490 e. The summed E-state index contributed by atoms with van der Waals surface area (Å²) in [5.74, 6) is -2.43. The first-order valence-corrected chi connectivity index (χ1v) is 12.1. The van der Waals surface area contributed by atoms with Gasteiger partial charge in [0.05, 0.1) is 17.2 Å². The summed E-state index contributed by atoms with van der Waals surface area (Å²) in [5.41, 5.74) is 0.142. The van der Waals surface area contributed by atoms with Crippen LogP contribution in [0.4, 0.5) is 17.6 Å². The number of alkyl halides is 3. The zero-order chi connectivity index (χ0) is 26.0. The highest BCUT2D eigenvalue weighted by Crippen LogP contribution is 2.34. The lowest BCUT2D eigenvalue weighted by Gasteiger charge is -2.29. The van der Waals surface area contributed by atoms with Crippen molar-refractivity contribution in [1.29, 1.82) is 0 Å². The number of hydrogen-bond acceptors (Lipinski definition) is 7. The van der Waals surface area contributed by atoms with Gasteiger partial charge in [-0.25, -0.2) is 19.3 Å². The predicted octanol–water partition coefficient (Wildman–Crippen LogP) is 5.03. The molecular formula is C24H25F4N5O2S. The normalized spacial score (nSPS) is 16.1. The number of carbonyl (C=O) groups excluding carboxylic acids is 1. The van der Waals surface area contributed by atoms with E-state index in [-0.39, 0.29) is 22.8 Å². The molecule has 3 aromatic rings. The molecule has 12 heteroatoms. The number of nitrogens with one attached hydrogen (secondary N) is 1. The van der Waals surface area contributed by atoms with E-state index in [0.29, 0.717) is 10.8 Å². The fourth-order valence-electron chi connectivity index (χ4n) is 3.83. The summed E-state index contributed by atoms with van der Waals surface area (Å²) < 4.78 is 59.9. The van der Waals surface area contributed by atoms with E-state index < -0.39 is 29.8 Å². The van der Waals surface area contributed by atoms with E-state index in [1.165, 1.54) is 17.4 Å². The molecular weight excluding hydrogens is 498 g/mol. The molecule has 192 valence electrons. The van der Waals surface area contributed by atoms with Crippen molar-refractivity contribution in [3.8, 4) is 16.3 Å². The molecule has 1 amide bonds. The summed E-state index contributed by atoms with van der Waals surface area (Å²) in [6.45, 7) is 5.13. The molecule has 7 nitrogen and oxygen atoms in total. The highest BCUT2D eigenvalue weighted by Gasteiger charge is 2.34. The Kier molecular flexibility index (Phi) is 7.55. The Morgan fingerprint density at radius 1 is 1.17 bits per heavy atom. The number of carbonyl (C=O) groups is 1. The number of rotatable bonds is 6. The summed E-state index contributed by atoms with van der Waals surface area (Å²) in [5, 5.41) is 3.03. The molecule has 4 rings (SSSR count). The lowest BCUT2D eigenvalue weighted by Crippen LogP contribution is -2.35. The summed E-state index contributed by atoms with van der Waals surface area (Å²) >= 11 is 1.29. The van der Waals surface area contributed by atoms with Crippen LogP contribution in [0.2, 0.25) is 0 Å². The Morgan fingerprint density at radius 3 is 2.42 bits per heavy atom. The number of amides is 1. The molecule has 0 bridgehead atoms. The molecule has 1 saturated heterocycles. The highest BCUT2D eigenvalue weighted by molar-refractivity contribution is 7.14. The minimum absolute atomic E-state index is 0.0725. The van der Waals surface area contributed by atoms with E-state index in [4.69, 9.17) is 4.74 Å². The van der Waals surface area contributed by atoms with Crippen molar-refractivity contribution in [3.05, 3.63) is 58.4 Å². The molecule has 1 unspecified atom stereocenters. The van der Waals surface area contributed by atoms with Crippen LogP contribution < -0.4 is 10.1 Å². The second-order valence-electron chi connectivity index (χ2n) is 8.76. The summed E-state index contributed by atoms with van der Waals surface area (Å²) in [6.07, 6.45) is 0.444. The third-order valence-corrected chi connectivity index (χ3v) is 6.83. The Labute approximate surface area is 209 Å². The third kappa shape index (κ3) is 5.98. The molecule has 2 aromatic heterocycles. The molecule has 1 N–H and O–H groups in total. The van der Waals surface area contributed by atoms with Crippen LogP contribution in [0.1, 0.15) is 52.4 Å². The molecule has 36 heavy (non-hydrogen) atoms. The van der Waals surface area contributed by atoms with Gasteiger partial charge in [-0.05, 0) is 45.9 Å². The standard InChI is InChI=1S/C24H25F4N5O2S/c1-13-10-29-22(36-13)19-9-17(35-16-4-6-33(3)7-5-16)8-18(20(19)25)21(34)32-14(2)15-11-30-23(31-12-15)24(26,27)28/h8-12,14,16H,4-7H2,1-3H3,(H,32,34). The Bertz CT molecular complexity index is 1220. The van der Waals surface area contributed by atoms with Crippen LogP contribution >= 0.6 is 11.3 Å². The van der Waals surface area contributed by atoms with Gasteiger partial charge in [0, 0.05) is 42.1 Å². The number of aromatic nitrogens is 3. The number of nitrogens with zero attached hydrogens (tertiary/aromatic N) is 4. The van der Waals surface area contributed by atoms with Gasteiger partial charge in [-0.15, -0.1) is 11.3 Å². The average Bonchev–Trinajstić information content (AvgIpc) is 3.27.